The number of aryl methyl sites for hydroxylation is 2. The highest BCUT2D eigenvalue weighted by Crippen LogP contribution is 2.34. The zero-order valence-corrected chi connectivity index (χ0v) is 11.2. The van der Waals surface area contributed by atoms with Gasteiger partial charge in [0, 0.05) is 24.4 Å². The summed E-state index contributed by atoms with van der Waals surface area (Å²) in [5.41, 5.74) is 4.33. The van der Waals surface area contributed by atoms with Crippen LogP contribution < -0.4 is 10.6 Å². The van der Waals surface area contributed by atoms with Crippen LogP contribution in [0.15, 0.2) is 12.1 Å². The van der Waals surface area contributed by atoms with E-state index in [-0.39, 0.29) is 11.9 Å². The second kappa shape index (κ2) is 5.50. The van der Waals surface area contributed by atoms with Gasteiger partial charge in [0.2, 0.25) is 5.91 Å². The second-order valence-electron chi connectivity index (χ2n) is 4.62. The summed E-state index contributed by atoms with van der Waals surface area (Å²) in [6.45, 7) is 8.05. The van der Waals surface area contributed by atoms with E-state index < -0.39 is 0 Å². The van der Waals surface area contributed by atoms with Crippen molar-refractivity contribution in [2.45, 2.75) is 26.8 Å². The molecule has 1 aliphatic rings. The first-order valence-electron chi connectivity index (χ1n) is 6.36. The van der Waals surface area contributed by atoms with Gasteiger partial charge in [-0.1, -0.05) is 6.07 Å². The Morgan fingerprint density at radius 2 is 2.17 bits per heavy atom. The molecule has 1 aromatic carbocycles. The van der Waals surface area contributed by atoms with Gasteiger partial charge in [-0.3, -0.25) is 10.1 Å². The van der Waals surface area contributed by atoms with E-state index in [0.29, 0.717) is 19.8 Å². The molecule has 1 amide bonds. The van der Waals surface area contributed by atoms with Crippen LogP contribution in [-0.2, 0) is 9.53 Å². The van der Waals surface area contributed by atoms with Gasteiger partial charge in [0.05, 0.1) is 6.61 Å². The molecule has 0 aromatic heterocycles. The molecule has 4 heteroatoms. The summed E-state index contributed by atoms with van der Waals surface area (Å²) in [6, 6.07) is 3.88. The normalized spacial score (nSPS) is 17.7. The summed E-state index contributed by atoms with van der Waals surface area (Å²) in [5.74, 6) is 0.0233. The molecular formula is C14H20N2O2. The highest BCUT2D eigenvalue weighted by Gasteiger charge is 2.31. The van der Waals surface area contributed by atoms with Crippen LogP contribution in [0.3, 0.4) is 0 Å². The van der Waals surface area contributed by atoms with Gasteiger partial charge in [0.25, 0.3) is 0 Å². The van der Waals surface area contributed by atoms with Crippen LogP contribution in [0, 0.1) is 13.8 Å². The average Bonchev–Trinajstić information content (AvgIpc) is 2.61. The van der Waals surface area contributed by atoms with Gasteiger partial charge in [0.1, 0.15) is 6.04 Å². The molecule has 18 heavy (non-hydrogen) atoms. The Balaban J connectivity index is 2.12. The van der Waals surface area contributed by atoms with Gasteiger partial charge >= 0.3 is 0 Å². The number of fused-ring (bicyclic) bond motifs is 1. The number of carbonyl (C=O) groups is 1. The van der Waals surface area contributed by atoms with Crippen LogP contribution in [0.2, 0.25) is 0 Å². The Labute approximate surface area is 108 Å². The molecular weight excluding hydrogens is 228 g/mol. The summed E-state index contributed by atoms with van der Waals surface area (Å²) in [6.07, 6.45) is 0. The van der Waals surface area contributed by atoms with Gasteiger partial charge in [-0.25, -0.2) is 0 Å². The fraction of sp³-hybridized carbons (Fsp3) is 0.500. The van der Waals surface area contributed by atoms with Crippen molar-refractivity contribution in [3.05, 3.63) is 28.8 Å². The van der Waals surface area contributed by atoms with E-state index in [1.54, 1.807) is 0 Å². The third kappa shape index (κ3) is 2.54. The van der Waals surface area contributed by atoms with E-state index in [1.807, 2.05) is 26.8 Å². The maximum Gasteiger partial charge on any atom is 0.246 e. The summed E-state index contributed by atoms with van der Waals surface area (Å²) in [4.78, 5) is 11.9. The summed E-state index contributed by atoms with van der Waals surface area (Å²) in [5, 5.41) is 6.17. The minimum atomic E-state index is -0.249. The highest BCUT2D eigenvalue weighted by molar-refractivity contribution is 6.03. The molecule has 0 bridgehead atoms. The molecule has 98 valence electrons. The minimum absolute atomic E-state index is 0.0233. The topological polar surface area (TPSA) is 50.4 Å². The van der Waals surface area contributed by atoms with Crippen molar-refractivity contribution < 1.29 is 9.53 Å². The van der Waals surface area contributed by atoms with Gasteiger partial charge in [0.15, 0.2) is 0 Å². The van der Waals surface area contributed by atoms with Crippen molar-refractivity contribution in [3.8, 4) is 0 Å². The number of carbonyl (C=O) groups excluding carboxylic acids is 1. The molecule has 4 nitrogen and oxygen atoms in total. The molecule has 2 N–H and O–H groups in total. The number of nitrogens with one attached hydrogen (secondary N) is 2. The quantitative estimate of drug-likeness (QED) is 0.783. The van der Waals surface area contributed by atoms with E-state index in [1.165, 1.54) is 5.56 Å². The van der Waals surface area contributed by atoms with E-state index in [2.05, 4.69) is 16.7 Å². The Kier molecular flexibility index (Phi) is 3.99. The molecule has 0 saturated carbocycles. The number of hydrogen-bond donors (Lipinski definition) is 2. The molecule has 0 spiro atoms. The first-order chi connectivity index (χ1) is 8.63. The largest absolute Gasteiger partial charge is 0.380 e. The Morgan fingerprint density at radius 1 is 1.39 bits per heavy atom. The molecule has 0 aliphatic carbocycles. The summed E-state index contributed by atoms with van der Waals surface area (Å²) < 4.78 is 5.27. The second-order valence-corrected chi connectivity index (χ2v) is 4.62. The lowest BCUT2D eigenvalue weighted by Gasteiger charge is -2.13. The van der Waals surface area contributed by atoms with Gasteiger partial charge in [-0.15, -0.1) is 0 Å². The molecule has 2 rings (SSSR count). The van der Waals surface area contributed by atoms with Crippen LogP contribution in [0.1, 0.15) is 29.7 Å². The fourth-order valence-corrected chi connectivity index (χ4v) is 2.42. The van der Waals surface area contributed by atoms with E-state index in [0.717, 1.165) is 16.8 Å². The first-order valence-corrected chi connectivity index (χ1v) is 6.36. The van der Waals surface area contributed by atoms with Crippen molar-refractivity contribution in [3.63, 3.8) is 0 Å². The molecule has 1 unspecified atom stereocenters. The number of hydrogen-bond acceptors (Lipinski definition) is 3. The van der Waals surface area contributed by atoms with E-state index >= 15 is 0 Å². The molecule has 0 fully saturated rings. The molecule has 1 heterocycles. The lowest BCUT2D eigenvalue weighted by atomic mass is 10.00. The molecule has 0 saturated heterocycles. The van der Waals surface area contributed by atoms with Crippen molar-refractivity contribution in [2.75, 3.05) is 25.1 Å². The number of amides is 1. The minimum Gasteiger partial charge on any atom is -0.380 e. The standard InChI is InChI=1S/C14H20N2O2/c1-4-18-6-5-15-13-12-10(3)7-9(2)8-11(12)16-14(13)17/h7-8,13,15H,4-6H2,1-3H3,(H,16,17). The van der Waals surface area contributed by atoms with Crippen LogP contribution in [0.25, 0.3) is 0 Å². The monoisotopic (exact) mass is 248 g/mol. The predicted molar refractivity (Wildman–Crippen MR) is 71.8 cm³/mol. The van der Waals surface area contributed by atoms with Gasteiger partial charge in [-0.05, 0) is 38.0 Å². The Bertz CT molecular complexity index is 457. The van der Waals surface area contributed by atoms with E-state index in [4.69, 9.17) is 4.74 Å². The third-order valence-electron chi connectivity index (χ3n) is 3.14. The van der Waals surface area contributed by atoms with Crippen molar-refractivity contribution in [1.82, 2.24) is 5.32 Å². The van der Waals surface area contributed by atoms with Crippen LogP contribution in [0.5, 0.6) is 0 Å². The molecule has 1 aromatic rings. The zero-order chi connectivity index (χ0) is 13.1. The Morgan fingerprint density at radius 3 is 2.89 bits per heavy atom. The number of ether oxygens (including phenoxy) is 1. The van der Waals surface area contributed by atoms with Crippen LogP contribution in [0.4, 0.5) is 5.69 Å². The Hall–Kier alpha value is -1.39. The average molecular weight is 248 g/mol. The molecule has 1 aliphatic heterocycles. The maximum atomic E-state index is 11.9. The summed E-state index contributed by atoms with van der Waals surface area (Å²) >= 11 is 0. The number of rotatable bonds is 5. The summed E-state index contributed by atoms with van der Waals surface area (Å²) in [7, 11) is 0. The van der Waals surface area contributed by atoms with Crippen molar-refractivity contribution >= 4 is 11.6 Å². The zero-order valence-electron chi connectivity index (χ0n) is 11.2. The van der Waals surface area contributed by atoms with Crippen molar-refractivity contribution in [2.24, 2.45) is 0 Å². The SMILES string of the molecule is CCOCCNC1C(=O)Nc2cc(C)cc(C)c21. The highest BCUT2D eigenvalue weighted by atomic mass is 16.5. The predicted octanol–water partition coefficient (Wildman–Crippen LogP) is 1.92. The molecule has 0 radical (unpaired) electrons. The van der Waals surface area contributed by atoms with Crippen LogP contribution in [-0.4, -0.2) is 25.7 Å². The van der Waals surface area contributed by atoms with E-state index in [9.17, 15) is 4.79 Å². The lowest BCUT2D eigenvalue weighted by molar-refractivity contribution is -0.117. The van der Waals surface area contributed by atoms with Crippen LogP contribution >= 0.6 is 0 Å². The third-order valence-corrected chi connectivity index (χ3v) is 3.14. The number of anilines is 1. The van der Waals surface area contributed by atoms with Gasteiger partial charge < -0.3 is 10.1 Å². The van der Waals surface area contributed by atoms with Gasteiger partial charge in [-0.2, -0.15) is 0 Å². The molecule has 1 atom stereocenters. The lowest BCUT2D eigenvalue weighted by Crippen LogP contribution is -2.30. The van der Waals surface area contributed by atoms with Crippen molar-refractivity contribution in [1.29, 1.82) is 0 Å². The first kappa shape index (κ1) is 13.1. The maximum absolute atomic E-state index is 11.9. The fourth-order valence-electron chi connectivity index (χ4n) is 2.42. The smallest absolute Gasteiger partial charge is 0.246 e. The number of benzene rings is 1.